The number of hydrogen-bond acceptors (Lipinski definition) is 5. The predicted molar refractivity (Wildman–Crippen MR) is 116 cm³/mol. The Morgan fingerprint density at radius 2 is 1.47 bits per heavy atom. The first-order valence-electron chi connectivity index (χ1n) is 10.1. The molecule has 0 aliphatic carbocycles. The lowest BCUT2D eigenvalue weighted by Gasteiger charge is -2.26. The minimum absolute atomic E-state index is 0.00968. The van der Waals surface area contributed by atoms with Crippen molar-refractivity contribution in [2.45, 2.75) is 42.4 Å². The average Bonchev–Trinajstić information content (AvgIpc) is 2.76. The Morgan fingerprint density at radius 3 is 2.07 bits per heavy atom. The molecule has 7 nitrogen and oxygen atoms in total. The summed E-state index contributed by atoms with van der Waals surface area (Å²) in [6.07, 6.45) is 4.41. The Hall–Kier alpha value is -1.94. The minimum atomic E-state index is -3.81. The Kier molecular flexibility index (Phi) is 7.51. The Balaban J connectivity index is 1.69. The second kappa shape index (κ2) is 9.91. The molecular weight excluding hydrogens is 424 g/mol. The van der Waals surface area contributed by atoms with Crippen LogP contribution < -0.4 is 4.72 Å². The summed E-state index contributed by atoms with van der Waals surface area (Å²) in [5, 5.41) is 0. The van der Waals surface area contributed by atoms with Gasteiger partial charge in [-0.05, 0) is 54.8 Å². The zero-order valence-electron chi connectivity index (χ0n) is 17.1. The van der Waals surface area contributed by atoms with Crippen LogP contribution in [0, 0.1) is 0 Å². The van der Waals surface area contributed by atoms with Gasteiger partial charge in [0.05, 0.1) is 23.0 Å². The standard InChI is InChI=1S/C21H28N2O5S2/c1-2-3-4-5-18-6-8-19(9-7-18)22-29(24,25)20-10-12-21(13-11-20)30(26,27)23-14-16-28-17-15-23/h6-13,22H,2-5,14-17H2,1H3. The fraction of sp³-hybridized carbons (Fsp3) is 0.429. The van der Waals surface area contributed by atoms with Gasteiger partial charge in [-0.3, -0.25) is 4.72 Å². The largest absolute Gasteiger partial charge is 0.379 e. The molecule has 1 heterocycles. The highest BCUT2D eigenvalue weighted by Gasteiger charge is 2.26. The summed E-state index contributed by atoms with van der Waals surface area (Å²) in [5.41, 5.74) is 1.64. The molecule has 30 heavy (non-hydrogen) atoms. The summed E-state index contributed by atoms with van der Waals surface area (Å²) in [7, 11) is -7.47. The number of morpholine rings is 1. The van der Waals surface area contributed by atoms with Crippen LogP contribution in [0.5, 0.6) is 0 Å². The number of rotatable bonds is 9. The van der Waals surface area contributed by atoms with Gasteiger partial charge in [0, 0.05) is 18.8 Å². The summed E-state index contributed by atoms with van der Waals surface area (Å²) >= 11 is 0. The number of unbranched alkanes of at least 4 members (excludes halogenated alkanes) is 2. The highest BCUT2D eigenvalue weighted by molar-refractivity contribution is 7.92. The van der Waals surface area contributed by atoms with E-state index in [-0.39, 0.29) is 9.79 Å². The maximum atomic E-state index is 12.7. The molecule has 1 aliphatic rings. The van der Waals surface area contributed by atoms with Crippen molar-refractivity contribution in [1.29, 1.82) is 0 Å². The van der Waals surface area contributed by atoms with E-state index in [2.05, 4.69) is 11.6 Å². The predicted octanol–water partition coefficient (Wildman–Crippen LogP) is 3.24. The van der Waals surface area contributed by atoms with E-state index in [1.165, 1.54) is 40.6 Å². The van der Waals surface area contributed by atoms with Crippen molar-refractivity contribution < 1.29 is 21.6 Å². The van der Waals surface area contributed by atoms with Crippen molar-refractivity contribution in [2.24, 2.45) is 0 Å². The van der Waals surface area contributed by atoms with Gasteiger partial charge in [0.15, 0.2) is 0 Å². The smallest absolute Gasteiger partial charge is 0.261 e. The minimum Gasteiger partial charge on any atom is -0.379 e. The molecule has 0 spiro atoms. The molecule has 2 aromatic rings. The Labute approximate surface area is 179 Å². The average molecular weight is 453 g/mol. The number of benzene rings is 2. The molecule has 0 unspecified atom stereocenters. The van der Waals surface area contributed by atoms with Crippen LogP contribution in [0.2, 0.25) is 0 Å². The first-order valence-corrected chi connectivity index (χ1v) is 13.0. The second-order valence-corrected chi connectivity index (χ2v) is 10.9. The first-order chi connectivity index (χ1) is 14.3. The maximum Gasteiger partial charge on any atom is 0.261 e. The third-order valence-electron chi connectivity index (χ3n) is 5.02. The lowest BCUT2D eigenvalue weighted by atomic mass is 10.1. The molecule has 0 amide bonds. The van der Waals surface area contributed by atoms with E-state index in [0.717, 1.165) is 19.3 Å². The van der Waals surface area contributed by atoms with Crippen molar-refractivity contribution in [2.75, 3.05) is 31.0 Å². The third-order valence-corrected chi connectivity index (χ3v) is 8.33. The van der Waals surface area contributed by atoms with E-state index in [4.69, 9.17) is 4.74 Å². The number of anilines is 1. The van der Waals surface area contributed by atoms with Crippen LogP contribution in [0.4, 0.5) is 5.69 Å². The summed E-state index contributed by atoms with van der Waals surface area (Å²) < 4.78 is 59.8. The molecule has 0 saturated carbocycles. The van der Waals surface area contributed by atoms with Crippen LogP contribution in [-0.2, 0) is 31.2 Å². The van der Waals surface area contributed by atoms with Gasteiger partial charge >= 0.3 is 0 Å². The summed E-state index contributed by atoms with van der Waals surface area (Å²) in [4.78, 5) is 0.0789. The van der Waals surface area contributed by atoms with Crippen LogP contribution >= 0.6 is 0 Å². The number of sulfonamides is 2. The molecule has 0 atom stereocenters. The molecule has 1 aliphatic heterocycles. The zero-order chi connectivity index (χ0) is 21.6. The van der Waals surface area contributed by atoms with Gasteiger partial charge in [-0.15, -0.1) is 0 Å². The monoisotopic (exact) mass is 452 g/mol. The summed E-state index contributed by atoms with van der Waals surface area (Å²) in [6, 6.07) is 12.6. The number of nitrogens with one attached hydrogen (secondary N) is 1. The van der Waals surface area contributed by atoms with E-state index in [9.17, 15) is 16.8 Å². The molecule has 3 rings (SSSR count). The summed E-state index contributed by atoms with van der Waals surface area (Å²) in [6.45, 7) is 3.44. The zero-order valence-corrected chi connectivity index (χ0v) is 18.7. The second-order valence-electron chi connectivity index (χ2n) is 7.25. The highest BCUT2D eigenvalue weighted by atomic mass is 32.2. The molecule has 1 N–H and O–H groups in total. The molecule has 0 radical (unpaired) electrons. The molecule has 0 bridgehead atoms. The molecular formula is C21H28N2O5S2. The van der Waals surface area contributed by atoms with Gasteiger partial charge in [0.1, 0.15) is 0 Å². The van der Waals surface area contributed by atoms with Crippen molar-refractivity contribution in [3.05, 3.63) is 54.1 Å². The van der Waals surface area contributed by atoms with Gasteiger partial charge in [-0.25, -0.2) is 16.8 Å². The van der Waals surface area contributed by atoms with Crippen LogP contribution in [0.25, 0.3) is 0 Å². The number of aryl methyl sites for hydroxylation is 1. The van der Waals surface area contributed by atoms with Crippen LogP contribution in [-0.4, -0.2) is 47.4 Å². The quantitative estimate of drug-likeness (QED) is 0.590. The van der Waals surface area contributed by atoms with E-state index < -0.39 is 20.0 Å². The van der Waals surface area contributed by atoms with Crippen molar-refractivity contribution in [1.82, 2.24) is 4.31 Å². The SMILES string of the molecule is CCCCCc1ccc(NS(=O)(=O)c2ccc(S(=O)(=O)N3CCOCC3)cc2)cc1. The number of nitrogens with zero attached hydrogens (tertiary/aromatic N) is 1. The lowest BCUT2D eigenvalue weighted by molar-refractivity contribution is 0.0730. The summed E-state index contributed by atoms with van der Waals surface area (Å²) in [5.74, 6) is 0. The number of ether oxygens (including phenoxy) is 1. The van der Waals surface area contributed by atoms with E-state index in [1.54, 1.807) is 12.1 Å². The first kappa shape index (κ1) is 22.7. The van der Waals surface area contributed by atoms with Crippen LogP contribution in [0.15, 0.2) is 58.3 Å². The fourth-order valence-electron chi connectivity index (χ4n) is 3.26. The topological polar surface area (TPSA) is 92.8 Å². The fourth-order valence-corrected chi connectivity index (χ4v) is 5.73. The molecule has 1 saturated heterocycles. The normalized spacial score (nSPS) is 15.8. The lowest BCUT2D eigenvalue weighted by Crippen LogP contribution is -2.40. The van der Waals surface area contributed by atoms with Gasteiger partial charge in [-0.1, -0.05) is 31.9 Å². The van der Waals surface area contributed by atoms with E-state index in [0.29, 0.717) is 32.0 Å². The number of hydrogen-bond donors (Lipinski definition) is 1. The molecule has 9 heteroatoms. The van der Waals surface area contributed by atoms with Crippen molar-refractivity contribution in [3.63, 3.8) is 0 Å². The van der Waals surface area contributed by atoms with Gasteiger partial charge < -0.3 is 4.74 Å². The maximum absolute atomic E-state index is 12.7. The Bertz CT molecular complexity index is 1030. The van der Waals surface area contributed by atoms with Crippen LogP contribution in [0.1, 0.15) is 31.7 Å². The highest BCUT2D eigenvalue weighted by Crippen LogP contribution is 2.22. The van der Waals surface area contributed by atoms with Gasteiger partial charge in [-0.2, -0.15) is 4.31 Å². The molecule has 2 aromatic carbocycles. The molecule has 1 fully saturated rings. The van der Waals surface area contributed by atoms with Crippen molar-refractivity contribution >= 4 is 25.7 Å². The van der Waals surface area contributed by atoms with E-state index in [1.807, 2.05) is 12.1 Å². The van der Waals surface area contributed by atoms with Crippen LogP contribution in [0.3, 0.4) is 0 Å². The van der Waals surface area contributed by atoms with Crippen molar-refractivity contribution in [3.8, 4) is 0 Å². The Morgan fingerprint density at radius 1 is 0.867 bits per heavy atom. The third kappa shape index (κ3) is 5.60. The van der Waals surface area contributed by atoms with E-state index >= 15 is 0 Å². The van der Waals surface area contributed by atoms with Gasteiger partial charge in [0.25, 0.3) is 10.0 Å². The van der Waals surface area contributed by atoms with Gasteiger partial charge in [0.2, 0.25) is 10.0 Å². The molecule has 164 valence electrons. The molecule has 0 aromatic heterocycles.